The van der Waals surface area contributed by atoms with E-state index in [1.807, 2.05) is 49.1 Å². The molecule has 5 heteroatoms. The molecule has 2 aromatic rings. The molecule has 1 heterocycles. The topological polar surface area (TPSA) is 55.6 Å². The van der Waals surface area contributed by atoms with Crippen molar-refractivity contribution in [3.05, 3.63) is 36.0 Å². The van der Waals surface area contributed by atoms with Crippen LogP contribution in [0.4, 0.5) is 0 Å². The van der Waals surface area contributed by atoms with Crippen LogP contribution in [0.1, 0.15) is 32.4 Å². The Hall–Kier alpha value is -2.30. The average Bonchev–Trinajstić information content (AvgIpc) is 3.30. The number of benzene rings is 1. The maximum Gasteiger partial charge on any atom is 0.226 e. The molecule has 0 spiro atoms. The average molecular weight is 314 g/mol. The second kappa shape index (κ2) is 6.44. The van der Waals surface area contributed by atoms with Gasteiger partial charge in [0.25, 0.3) is 0 Å². The summed E-state index contributed by atoms with van der Waals surface area (Å²) in [6.07, 6.45) is 2.02. The van der Waals surface area contributed by atoms with E-state index in [1.54, 1.807) is 7.11 Å². The Morgan fingerprint density at radius 1 is 1.39 bits per heavy atom. The van der Waals surface area contributed by atoms with Gasteiger partial charge in [0.2, 0.25) is 5.91 Å². The lowest BCUT2D eigenvalue weighted by Gasteiger charge is -2.25. The van der Waals surface area contributed by atoms with Crippen molar-refractivity contribution in [3.63, 3.8) is 0 Å². The maximum atomic E-state index is 12.4. The predicted molar refractivity (Wildman–Crippen MR) is 86.9 cm³/mol. The number of rotatable bonds is 6. The minimum atomic E-state index is 0.153. The van der Waals surface area contributed by atoms with Crippen molar-refractivity contribution < 1.29 is 14.1 Å². The molecule has 0 unspecified atom stereocenters. The number of methoxy groups -OCH3 is 1. The Morgan fingerprint density at radius 2 is 2.17 bits per heavy atom. The monoisotopic (exact) mass is 314 g/mol. The van der Waals surface area contributed by atoms with Crippen molar-refractivity contribution in [1.82, 2.24) is 10.1 Å². The molecule has 1 saturated carbocycles. The van der Waals surface area contributed by atoms with E-state index < -0.39 is 0 Å². The summed E-state index contributed by atoms with van der Waals surface area (Å²) in [5.74, 6) is 1.89. The molecule has 0 radical (unpaired) electrons. The van der Waals surface area contributed by atoms with E-state index in [-0.39, 0.29) is 17.9 Å². The second-order valence-corrected chi connectivity index (χ2v) is 6.25. The van der Waals surface area contributed by atoms with Crippen molar-refractivity contribution in [3.8, 4) is 17.1 Å². The summed E-state index contributed by atoms with van der Waals surface area (Å²) in [6.45, 7) is 4.55. The van der Waals surface area contributed by atoms with Gasteiger partial charge in [0.1, 0.15) is 11.4 Å². The second-order valence-electron chi connectivity index (χ2n) is 6.25. The molecule has 1 aromatic heterocycles. The van der Waals surface area contributed by atoms with Crippen molar-refractivity contribution in [2.75, 3.05) is 7.11 Å². The minimum Gasteiger partial charge on any atom is -0.497 e. The first-order valence-electron chi connectivity index (χ1n) is 7.99. The molecule has 1 fully saturated rings. The summed E-state index contributed by atoms with van der Waals surface area (Å²) in [7, 11) is 1.63. The van der Waals surface area contributed by atoms with E-state index in [2.05, 4.69) is 5.16 Å². The van der Waals surface area contributed by atoms with Crippen LogP contribution in [0, 0.1) is 5.92 Å². The SMILES string of the molecule is COc1cccc(-c2cc(CN(C(=O)C3CC3)C(C)C)no2)c1. The third-order valence-electron chi connectivity index (χ3n) is 4.08. The highest BCUT2D eigenvalue weighted by Crippen LogP contribution is 2.32. The van der Waals surface area contributed by atoms with Gasteiger partial charge in [-0.25, -0.2) is 0 Å². The fourth-order valence-electron chi connectivity index (χ4n) is 2.55. The molecule has 1 aliphatic rings. The van der Waals surface area contributed by atoms with Gasteiger partial charge < -0.3 is 14.2 Å². The highest BCUT2D eigenvalue weighted by Gasteiger charge is 2.34. The minimum absolute atomic E-state index is 0.153. The molecule has 1 aromatic carbocycles. The Bertz CT molecular complexity index is 689. The van der Waals surface area contributed by atoms with E-state index in [0.717, 1.165) is 29.8 Å². The smallest absolute Gasteiger partial charge is 0.226 e. The van der Waals surface area contributed by atoms with Crippen molar-refractivity contribution in [2.45, 2.75) is 39.3 Å². The lowest BCUT2D eigenvalue weighted by molar-refractivity contribution is -0.135. The number of aromatic nitrogens is 1. The maximum absolute atomic E-state index is 12.4. The summed E-state index contributed by atoms with van der Waals surface area (Å²) >= 11 is 0. The van der Waals surface area contributed by atoms with E-state index in [4.69, 9.17) is 9.26 Å². The standard InChI is InChI=1S/C18H22N2O3/c1-12(2)20(18(21)13-7-8-13)11-15-10-17(23-19-15)14-5-4-6-16(9-14)22-3/h4-6,9-10,12-13H,7-8,11H2,1-3H3. The molecule has 0 N–H and O–H groups in total. The van der Waals surface area contributed by atoms with Crippen LogP contribution < -0.4 is 4.74 Å². The fraction of sp³-hybridized carbons (Fsp3) is 0.444. The Labute approximate surface area is 136 Å². The van der Waals surface area contributed by atoms with Crippen LogP contribution in [-0.4, -0.2) is 29.1 Å². The Balaban J connectivity index is 1.76. The molecule has 122 valence electrons. The van der Waals surface area contributed by atoms with Crippen LogP contribution >= 0.6 is 0 Å². The van der Waals surface area contributed by atoms with Crippen molar-refractivity contribution >= 4 is 5.91 Å². The van der Waals surface area contributed by atoms with Crippen LogP contribution in [0.25, 0.3) is 11.3 Å². The molecule has 1 amide bonds. The van der Waals surface area contributed by atoms with Gasteiger partial charge in [-0.1, -0.05) is 17.3 Å². The molecule has 3 rings (SSSR count). The summed E-state index contributed by atoms with van der Waals surface area (Å²) < 4.78 is 10.7. The molecule has 23 heavy (non-hydrogen) atoms. The molecular weight excluding hydrogens is 292 g/mol. The lowest BCUT2D eigenvalue weighted by Crippen LogP contribution is -2.37. The summed E-state index contributed by atoms with van der Waals surface area (Å²) in [6, 6.07) is 9.69. The first-order chi connectivity index (χ1) is 11.1. The van der Waals surface area contributed by atoms with E-state index in [9.17, 15) is 4.79 Å². The van der Waals surface area contributed by atoms with Crippen LogP contribution in [0.15, 0.2) is 34.9 Å². The van der Waals surface area contributed by atoms with Gasteiger partial charge in [-0.05, 0) is 38.8 Å². The van der Waals surface area contributed by atoms with Crippen LogP contribution in [0.2, 0.25) is 0 Å². The first kappa shape index (κ1) is 15.6. The summed E-state index contributed by atoms with van der Waals surface area (Å²) in [5, 5.41) is 4.12. The number of ether oxygens (including phenoxy) is 1. The molecule has 5 nitrogen and oxygen atoms in total. The fourth-order valence-corrected chi connectivity index (χ4v) is 2.55. The van der Waals surface area contributed by atoms with Gasteiger partial charge >= 0.3 is 0 Å². The normalized spacial score (nSPS) is 14.1. The van der Waals surface area contributed by atoms with Gasteiger partial charge in [0.15, 0.2) is 5.76 Å². The van der Waals surface area contributed by atoms with Gasteiger partial charge in [0.05, 0.1) is 13.7 Å². The number of hydrogen-bond donors (Lipinski definition) is 0. The Morgan fingerprint density at radius 3 is 2.83 bits per heavy atom. The number of amides is 1. The molecule has 0 saturated heterocycles. The summed E-state index contributed by atoms with van der Waals surface area (Å²) in [5.41, 5.74) is 1.68. The van der Waals surface area contributed by atoms with Crippen LogP contribution in [0.5, 0.6) is 5.75 Å². The highest BCUT2D eigenvalue weighted by molar-refractivity contribution is 5.81. The van der Waals surface area contributed by atoms with E-state index >= 15 is 0 Å². The zero-order valence-corrected chi connectivity index (χ0v) is 13.8. The van der Waals surface area contributed by atoms with Crippen LogP contribution in [0.3, 0.4) is 0 Å². The van der Waals surface area contributed by atoms with Crippen molar-refractivity contribution in [2.24, 2.45) is 5.92 Å². The zero-order valence-electron chi connectivity index (χ0n) is 13.8. The van der Waals surface area contributed by atoms with Gasteiger partial charge in [-0.2, -0.15) is 0 Å². The van der Waals surface area contributed by atoms with Crippen molar-refractivity contribution in [1.29, 1.82) is 0 Å². The molecular formula is C18H22N2O3. The number of carbonyl (C=O) groups is 1. The number of nitrogens with zero attached hydrogens (tertiary/aromatic N) is 2. The number of hydrogen-bond acceptors (Lipinski definition) is 4. The molecule has 1 aliphatic carbocycles. The lowest BCUT2D eigenvalue weighted by atomic mass is 10.1. The van der Waals surface area contributed by atoms with Gasteiger partial charge in [-0.3, -0.25) is 4.79 Å². The Kier molecular flexibility index (Phi) is 4.37. The van der Waals surface area contributed by atoms with E-state index in [1.165, 1.54) is 0 Å². The first-order valence-corrected chi connectivity index (χ1v) is 7.99. The third-order valence-corrected chi connectivity index (χ3v) is 4.08. The van der Waals surface area contributed by atoms with Crippen LogP contribution in [-0.2, 0) is 11.3 Å². The molecule has 0 aliphatic heterocycles. The quantitative estimate of drug-likeness (QED) is 0.819. The number of carbonyl (C=O) groups excluding carboxylic acids is 1. The third kappa shape index (κ3) is 3.55. The molecule has 0 atom stereocenters. The molecule has 0 bridgehead atoms. The highest BCUT2D eigenvalue weighted by atomic mass is 16.5. The zero-order chi connectivity index (χ0) is 16.4. The van der Waals surface area contributed by atoms with E-state index in [0.29, 0.717) is 12.3 Å². The summed E-state index contributed by atoms with van der Waals surface area (Å²) in [4.78, 5) is 14.2. The van der Waals surface area contributed by atoms with Gasteiger partial charge in [-0.15, -0.1) is 0 Å². The van der Waals surface area contributed by atoms with Gasteiger partial charge in [0, 0.05) is 23.6 Å². The largest absolute Gasteiger partial charge is 0.497 e. The predicted octanol–water partition coefficient (Wildman–Crippen LogP) is 3.50.